The molecular weight excluding hydrogens is 356 g/mol. The van der Waals surface area contributed by atoms with Crippen LogP contribution in [0.5, 0.6) is 0 Å². The Morgan fingerprint density at radius 1 is 0.552 bits per heavy atom. The van der Waals surface area contributed by atoms with Crippen molar-refractivity contribution >= 4 is 5.97 Å². The van der Waals surface area contributed by atoms with Gasteiger partial charge in [0.05, 0.1) is 0 Å². The first-order valence-electron chi connectivity index (χ1n) is 12.4. The van der Waals surface area contributed by atoms with E-state index < -0.39 is 5.97 Å². The molecule has 0 radical (unpaired) electrons. The SMILES string of the molecule is CCCCCCC=CCC=CCC=CCCCCCCCCCCCCC(=O)O. The first kappa shape index (κ1) is 27.7. The van der Waals surface area contributed by atoms with Crippen LogP contribution in [0.15, 0.2) is 36.5 Å². The average Bonchev–Trinajstić information content (AvgIpc) is 2.71. The quantitative estimate of drug-likeness (QED) is 0.144. The predicted molar refractivity (Wildman–Crippen MR) is 128 cm³/mol. The highest BCUT2D eigenvalue weighted by molar-refractivity contribution is 5.66. The van der Waals surface area contributed by atoms with Crippen LogP contribution >= 0.6 is 0 Å². The summed E-state index contributed by atoms with van der Waals surface area (Å²) in [5.74, 6) is -0.660. The second-order valence-electron chi connectivity index (χ2n) is 8.20. The van der Waals surface area contributed by atoms with E-state index in [4.69, 9.17) is 5.11 Å². The molecule has 0 aromatic heterocycles. The molecule has 0 amide bonds. The Morgan fingerprint density at radius 3 is 1.38 bits per heavy atom. The Bertz CT molecular complexity index is 420. The maximum atomic E-state index is 10.4. The lowest BCUT2D eigenvalue weighted by molar-refractivity contribution is -0.137. The van der Waals surface area contributed by atoms with Gasteiger partial charge in [-0.25, -0.2) is 0 Å². The van der Waals surface area contributed by atoms with Crippen molar-refractivity contribution in [2.75, 3.05) is 0 Å². The van der Waals surface area contributed by atoms with E-state index in [1.165, 1.54) is 89.9 Å². The van der Waals surface area contributed by atoms with Crippen molar-refractivity contribution in [1.82, 2.24) is 0 Å². The predicted octanol–water partition coefficient (Wildman–Crippen LogP) is 9.17. The fourth-order valence-corrected chi connectivity index (χ4v) is 3.42. The highest BCUT2D eigenvalue weighted by atomic mass is 16.4. The van der Waals surface area contributed by atoms with Crippen molar-refractivity contribution in [2.45, 2.75) is 129 Å². The minimum atomic E-state index is -0.660. The fraction of sp³-hybridized carbons (Fsp3) is 0.741. The van der Waals surface area contributed by atoms with Gasteiger partial charge in [0, 0.05) is 6.42 Å². The summed E-state index contributed by atoms with van der Waals surface area (Å²) in [5, 5.41) is 8.58. The summed E-state index contributed by atoms with van der Waals surface area (Å²) >= 11 is 0. The van der Waals surface area contributed by atoms with E-state index >= 15 is 0 Å². The number of allylic oxidation sites excluding steroid dienone is 6. The van der Waals surface area contributed by atoms with E-state index in [-0.39, 0.29) is 0 Å². The molecule has 0 unspecified atom stereocenters. The number of unbranched alkanes of at least 4 members (excludes halogenated alkanes) is 14. The molecular formula is C27H48O2. The third-order valence-corrected chi connectivity index (χ3v) is 5.28. The van der Waals surface area contributed by atoms with Crippen molar-refractivity contribution in [3.8, 4) is 0 Å². The third kappa shape index (κ3) is 26.7. The maximum Gasteiger partial charge on any atom is 0.303 e. The van der Waals surface area contributed by atoms with Gasteiger partial charge in [-0.3, -0.25) is 4.79 Å². The Kier molecular flexibility index (Phi) is 23.6. The molecule has 168 valence electrons. The zero-order chi connectivity index (χ0) is 21.3. The van der Waals surface area contributed by atoms with Crippen molar-refractivity contribution in [1.29, 1.82) is 0 Å². The summed E-state index contributed by atoms with van der Waals surface area (Å²) in [5.41, 5.74) is 0. The smallest absolute Gasteiger partial charge is 0.303 e. The minimum Gasteiger partial charge on any atom is -0.481 e. The van der Waals surface area contributed by atoms with Crippen molar-refractivity contribution in [3.05, 3.63) is 36.5 Å². The van der Waals surface area contributed by atoms with Gasteiger partial charge in [-0.1, -0.05) is 114 Å². The Morgan fingerprint density at radius 2 is 0.931 bits per heavy atom. The van der Waals surface area contributed by atoms with Crippen LogP contribution in [-0.2, 0) is 4.79 Å². The topological polar surface area (TPSA) is 37.3 Å². The third-order valence-electron chi connectivity index (χ3n) is 5.28. The molecule has 29 heavy (non-hydrogen) atoms. The Hall–Kier alpha value is -1.31. The molecule has 2 heteroatoms. The first-order chi connectivity index (χ1) is 14.3. The van der Waals surface area contributed by atoms with Gasteiger partial charge < -0.3 is 5.11 Å². The normalized spacial score (nSPS) is 12.0. The molecule has 0 rings (SSSR count). The highest BCUT2D eigenvalue weighted by Crippen LogP contribution is 2.12. The van der Waals surface area contributed by atoms with Crippen LogP contribution in [-0.4, -0.2) is 11.1 Å². The fourth-order valence-electron chi connectivity index (χ4n) is 3.42. The molecule has 0 aliphatic heterocycles. The number of carboxylic acid groups (broad SMARTS) is 1. The van der Waals surface area contributed by atoms with E-state index in [0.29, 0.717) is 6.42 Å². The zero-order valence-corrected chi connectivity index (χ0v) is 19.3. The first-order valence-corrected chi connectivity index (χ1v) is 12.4. The van der Waals surface area contributed by atoms with Gasteiger partial charge in [-0.15, -0.1) is 0 Å². The molecule has 0 fully saturated rings. The van der Waals surface area contributed by atoms with Crippen molar-refractivity contribution < 1.29 is 9.90 Å². The van der Waals surface area contributed by atoms with Crippen LogP contribution in [0.1, 0.15) is 129 Å². The van der Waals surface area contributed by atoms with E-state index in [9.17, 15) is 4.79 Å². The van der Waals surface area contributed by atoms with Gasteiger partial charge in [0.2, 0.25) is 0 Å². The number of carbonyl (C=O) groups is 1. The van der Waals surface area contributed by atoms with Crippen molar-refractivity contribution in [3.63, 3.8) is 0 Å². The van der Waals surface area contributed by atoms with E-state index in [1.807, 2.05) is 0 Å². The lowest BCUT2D eigenvalue weighted by Gasteiger charge is -2.01. The maximum absolute atomic E-state index is 10.4. The molecule has 0 aromatic carbocycles. The van der Waals surface area contributed by atoms with Crippen LogP contribution < -0.4 is 0 Å². The molecule has 0 heterocycles. The molecule has 0 aromatic rings. The summed E-state index contributed by atoms with van der Waals surface area (Å²) in [7, 11) is 0. The monoisotopic (exact) mass is 404 g/mol. The second kappa shape index (κ2) is 24.7. The van der Waals surface area contributed by atoms with Crippen LogP contribution in [0.4, 0.5) is 0 Å². The average molecular weight is 405 g/mol. The summed E-state index contributed by atoms with van der Waals surface area (Å²) in [6, 6.07) is 0. The van der Waals surface area contributed by atoms with Gasteiger partial charge >= 0.3 is 5.97 Å². The summed E-state index contributed by atoms with van der Waals surface area (Å²) in [6.45, 7) is 2.26. The van der Waals surface area contributed by atoms with Crippen molar-refractivity contribution in [2.24, 2.45) is 0 Å². The molecule has 2 nitrogen and oxygen atoms in total. The number of hydrogen-bond acceptors (Lipinski definition) is 1. The Balaban J connectivity index is 3.22. The molecule has 0 atom stereocenters. The zero-order valence-electron chi connectivity index (χ0n) is 19.3. The van der Waals surface area contributed by atoms with Crippen LogP contribution in [0.2, 0.25) is 0 Å². The van der Waals surface area contributed by atoms with Gasteiger partial charge in [-0.2, -0.15) is 0 Å². The largest absolute Gasteiger partial charge is 0.481 e. The molecule has 0 saturated heterocycles. The molecule has 0 aliphatic carbocycles. The standard InChI is InChI=1S/C27H48O2/c1-2-3-4-5-6-7-8-9-10-11-12-13-14-15-16-17-18-19-20-21-22-23-24-25-26-27(28)29/h7-8,10-11,13-14H,2-6,9,12,15-26H2,1H3,(H,28,29). The van der Waals surface area contributed by atoms with Crippen LogP contribution in [0, 0.1) is 0 Å². The van der Waals surface area contributed by atoms with E-state index in [0.717, 1.165) is 25.7 Å². The molecule has 0 spiro atoms. The molecule has 0 aliphatic rings. The number of aliphatic carboxylic acids is 1. The van der Waals surface area contributed by atoms with E-state index in [2.05, 4.69) is 43.4 Å². The molecule has 0 saturated carbocycles. The van der Waals surface area contributed by atoms with Crippen LogP contribution in [0.25, 0.3) is 0 Å². The molecule has 1 N–H and O–H groups in total. The number of carboxylic acids is 1. The number of hydrogen-bond donors (Lipinski definition) is 1. The van der Waals surface area contributed by atoms with Gasteiger partial charge in [-0.05, 0) is 44.9 Å². The van der Waals surface area contributed by atoms with Gasteiger partial charge in [0.25, 0.3) is 0 Å². The summed E-state index contributed by atoms with van der Waals surface area (Å²) in [4.78, 5) is 10.4. The second-order valence-corrected chi connectivity index (χ2v) is 8.20. The van der Waals surface area contributed by atoms with E-state index in [1.54, 1.807) is 0 Å². The lowest BCUT2D eigenvalue weighted by atomic mass is 10.1. The Labute approximate surface area is 181 Å². The lowest BCUT2D eigenvalue weighted by Crippen LogP contribution is -1.93. The van der Waals surface area contributed by atoms with Gasteiger partial charge in [0.1, 0.15) is 0 Å². The summed E-state index contributed by atoms with van der Waals surface area (Å²) < 4.78 is 0. The summed E-state index contributed by atoms with van der Waals surface area (Å²) in [6.07, 6.45) is 36.6. The highest BCUT2D eigenvalue weighted by Gasteiger charge is 1.96. The molecule has 0 bridgehead atoms. The minimum absolute atomic E-state index is 0.335. The van der Waals surface area contributed by atoms with Crippen LogP contribution in [0.3, 0.4) is 0 Å². The van der Waals surface area contributed by atoms with Gasteiger partial charge in [0.15, 0.2) is 0 Å². The number of rotatable bonds is 22.